The number of aryl methyl sites for hydroxylation is 1. The number of hydrogen-bond acceptors (Lipinski definition) is 8. The van der Waals surface area contributed by atoms with Crippen LogP contribution < -0.4 is 10.2 Å². The second kappa shape index (κ2) is 9.70. The number of imidazole rings is 1. The van der Waals surface area contributed by atoms with Crippen LogP contribution in [0, 0.1) is 18.3 Å². The molecule has 0 saturated carbocycles. The fourth-order valence-corrected chi connectivity index (χ4v) is 4.69. The molecule has 2 N–H and O–H groups in total. The number of pyridine rings is 1. The van der Waals surface area contributed by atoms with Gasteiger partial charge < -0.3 is 19.9 Å². The molecule has 39 heavy (non-hydrogen) atoms. The molecule has 0 unspecified atom stereocenters. The zero-order valence-corrected chi connectivity index (χ0v) is 21.3. The van der Waals surface area contributed by atoms with Gasteiger partial charge in [-0.25, -0.2) is 24.7 Å². The summed E-state index contributed by atoms with van der Waals surface area (Å²) in [5.74, 6) is -0.821. The van der Waals surface area contributed by atoms with Crippen molar-refractivity contribution in [1.82, 2.24) is 24.5 Å². The van der Waals surface area contributed by atoms with E-state index >= 15 is 0 Å². The van der Waals surface area contributed by atoms with Gasteiger partial charge in [-0.3, -0.25) is 0 Å². The van der Waals surface area contributed by atoms with Gasteiger partial charge >= 0.3 is 12.1 Å². The van der Waals surface area contributed by atoms with Crippen LogP contribution in [0.25, 0.3) is 11.0 Å². The number of carboxylic acids is 1. The maximum absolute atomic E-state index is 13.2. The van der Waals surface area contributed by atoms with E-state index in [0.29, 0.717) is 23.1 Å². The van der Waals surface area contributed by atoms with Crippen molar-refractivity contribution in [3.63, 3.8) is 0 Å². The first-order chi connectivity index (χ1) is 18.4. The van der Waals surface area contributed by atoms with Crippen molar-refractivity contribution in [1.29, 1.82) is 5.26 Å². The van der Waals surface area contributed by atoms with E-state index in [1.54, 1.807) is 11.0 Å². The van der Waals surface area contributed by atoms with Crippen molar-refractivity contribution in [2.75, 3.05) is 16.8 Å². The molecule has 0 amide bonds. The van der Waals surface area contributed by atoms with Crippen LogP contribution in [0.3, 0.4) is 0 Å². The first-order valence-corrected chi connectivity index (χ1v) is 12.1. The molecule has 0 fully saturated rings. The molecule has 1 aliphatic rings. The largest absolute Gasteiger partial charge is 0.476 e. The highest BCUT2D eigenvalue weighted by Gasteiger charge is 2.36. The number of nitriles is 1. The van der Waals surface area contributed by atoms with Crippen molar-refractivity contribution in [3.8, 4) is 6.07 Å². The van der Waals surface area contributed by atoms with Gasteiger partial charge in [-0.2, -0.15) is 18.4 Å². The van der Waals surface area contributed by atoms with Gasteiger partial charge in [0.25, 0.3) is 0 Å². The number of halogens is 4. The molecular formula is C25H20ClF3N8O2. The van der Waals surface area contributed by atoms with E-state index in [2.05, 4.69) is 20.3 Å². The zero-order valence-electron chi connectivity index (χ0n) is 20.6. The molecule has 0 bridgehead atoms. The van der Waals surface area contributed by atoms with Gasteiger partial charge in [0.05, 0.1) is 29.3 Å². The Hall–Kier alpha value is -4.44. The van der Waals surface area contributed by atoms with Crippen LogP contribution in [0.2, 0.25) is 5.15 Å². The maximum atomic E-state index is 13.2. The summed E-state index contributed by atoms with van der Waals surface area (Å²) in [6.07, 6.45) is -3.58. The lowest BCUT2D eigenvalue weighted by Gasteiger charge is -2.29. The van der Waals surface area contributed by atoms with Gasteiger partial charge in [0, 0.05) is 24.8 Å². The molecule has 0 saturated heterocycles. The van der Waals surface area contributed by atoms with Gasteiger partial charge in [0.1, 0.15) is 17.0 Å². The fourth-order valence-electron chi connectivity index (χ4n) is 4.54. The Morgan fingerprint density at radius 2 is 1.97 bits per heavy atom. The Labute approximate surface area is 224 Å². The fraction of sp³-hybridized carbons (Fsp3) is 0.280. The van der Waals surface area contributed by atoms with E-state index < -0.39 is 23.9 Å². The van der Waals surface area contributed by atoms with Gasteiger partial charge in [-0.15, -0.1) is 0 Å². The SMILES string of the molecule is Cc1cc([C@@H](C)Nc2ccc(Cl)nc2C(=O)O)c2nc(N3CCn4cc(C(F)(F)F)nc4C3)c(C#N)nc2c1. The molecule has 1 aliphatic heterocycles. The van der Waals surface area contributed by atoms with Crippen molar-refractivity contribution >= 4 is 40.1 Å². The van der Waals surface area contributed by atoms with Crippen LogP contribution in [0.4, 0.5) is 24.7 Å². The molecule has 10 nitrogen and oxygen atoms in total. The summed E-state index contributed by atoms with van der Waals surface area (Å²) in [5.41, 5.74) is 1.48. The molecule has 1 aromatic carbocycles. The van der Waals surface area contributed by atoms with Crippen molar-refractivity contribution in [3.05, 3.63) is 69.6 Å². The summed E-state index contributed by atoms with van der Waals surface area (Å²) in [4.78, 5) is 30.3. The van der Waals surface area contributed by atoms with E-state index in [1.807, 2.05) is 26.0 Å². The third-order valence-corrected chi connectivity index (χ3v) is 6.54. The number of nitrogens with zero attached hydrogens (tertiary/aromatic N) is 7. The molecule has 0 radical (unpaired) electrons. The highest BCUT2D eigenvalue weighted by atomic mass is 35.5. The summed E-state index contributed by atoms with van der Waals surface area (Å²) >= 11 is 5.88. The van der Waals surface area contributed by atoms with Crippen molar-refractivity contribution < 1.29 is 23.1 Å². The van der Waals surface area contributed by atoms with Crippen molar-refractivity contribution in [2.45, 2.75) is 39.2 Å². The molecule has 14 heteroatoms. The van der Waals surface area contributed by atoms with Crippen molar-refractivity contribution in [2.24, 2.45) is 0 Å². The van der Waals surface area contributed by atoms with Gasteiger partial charge in [-0.05, 0) is 37.6 Å². The van der Waals surface area contributed by atoms with Gasteiger partial charge in [-0.1, -0.05) is 17.7 Å². The Bertz CT molecular complexity index is 1660. The summed E-state index contributed by atoms with van der Waals surface area (Å²) in [5, 5.41) is 22.6. The number of nitrogens with one attached hydrogen (secondary N) is 1. The lowest BCUT2D eigenvalue weighted by Crippen LogP contribution is -2.35. The zero-order chi connectivity index (χ0) is 28.1. The van der Waals surface area contributed by atoms with E-state index in [-0.39, 0.29) is 47.0 Å². The Kier molecular flexibility index (Phi) is 6.51. The standard InChI is InChI=1S/C25H20ClF3N8O2/c1-12-7-14(13(2)31-15-3-4-19(26)34-22(15)24(38)39)21-16(8-12)32-17(9-30)23(35-21)37-6-5-36-10-18(25(27,28)29)33-20(36)11-37/h3-4,7-8,10,13,31H,5-6,11H2,1-2H3,(H,38,39)/t13-/m1/s1. The minimum Gasteiger partial charge on any atom is -0.476 e. The van der Waals surface area contributed by atoms with Crippen LogP contribution in [0.5, 0.6) is 0 Å². The average Bonchev–Trinajstić information content (AvgIpc) is 3.32. The minimum absolute atomic E-state index is 0.0123. The van der Waals surface area contributed by atoms with Crippen LogP contribution in [-0.4, -0.2) is 42.1 Å². The van der Waals surface area contributed by atoms with Gasteiger partial charge in [0.2, 0.25) is 0 Å². The molecule has 0 spiro atoms. The number of fused-ring (bicyclic) bond motifs is 2. The highest BCUT2D eigenvalue weighted by molar-refractivity contribution is 6.29. The Morgan fingerprint density at radius 3 is 2.67 bits per heavy atom. The van der Waals surface area contributed by atoms with Crippen LogP contribution in [-0.2, 0) is 19.3 Å². The molecule has 4 aromatic rings. The van der Waals surface area contributed by atoms with Crippen LogP contribution in [0.15, 0.2) is 30.5 Å². The third kappa shape index (κ3) is 5.03. The summed E-state index contributed by atoms with van der Waals surface area (Å²) in [7, 11) is 0. The first kappa shape index (κ1) is 26.2. The monoisotopic (exact) mass is 556 g/mol. The lowest BCUT2D eigenvalue weighted by atomic mass is 10.0. The summed E-state index contributed by atoms with van der Waals surface area (Å²) < 4.78 is 41.0. The molecular weight excluding hydrogens is 537 g/mol. The maximum Gasteiger partial charge on any atom is 0.434 e. The van der Waals surface area contributed by atoms with E-state index in [0.717, 1.165) is 11.8 Å². The quantitative estimate of drug-likeness (QED) is 0.327. The molecule has 200 valence electrons. The normalized spacial score (nSPS) is 14.1. The number of aromatic nitrogens is 5. The molecule has 0 aliphatic carbocycles. The second-order valence-corrected chi connectivity index (χ2v) is 9.47. The molecule has 5 rings (SSSR count). The second-order valence-electron chi connectivity index (χ2n) is 9.09. The van der Waals surface area contributed by atoms with E-state index in [4.69, 9.17) is 16.6 Å². The average molecular weight is 557 g/mol. The number of hydrogen-bond donors (Lipinski definition) is 2. The highest BCUT2D eigenvalue weighted by Crippen LogP contribution is 2.33. The number of aromatic carboxylic acids is 1. The smallest absolute Gasteiger partial charge is 0.434 e. The van der Waals surface area contributed by atoms with E-state index in [1.165, 1.54) is 16.7 Å². The number of benzene rings is 1. The van der Waals surface area contributed by atoms with Crippen LogP contribution >= 0.6 is 11.6 Å². The minimum atomic E-state index is -4.56. The molecule has 3 aromatic heterocycles. The third-order valence-electron chi connectivity index (χ3n) is 6.33. The number of carbonyl (C=O) groups is 1. The number of alkyl halides is 3. The Morgan fingerprint density at radius 1 is 1.21 bits per heavy atom. The molecule has 1 atom stereocenters. The Balaban J connectivity index is 1.55. The first-order valence-electron chi connectivity index (χ1n) is 11.7. The summed E-state index contributed by atoms with van der Waals surface area (Å²) in [6.45, 7) is 4.20. The van der Waals surface area contributed by atoms with Crippen LogP contribution in [0.1, 0.15) is 51.8 Å². The number of carboxylic acid groups (broad SMARTS) is 1. The lowest BCUT2D eigenvalue weighted by molar-refractivity contribution is -0.141. The summed E-state index contributed by atoms with van der Waals surface area (Å²) in [6, 6.07) is 8.20. The number of rotatable bonds is 5. The predicted octanol–water partition coefficient (Wildman–Crippen LogP) is 4.97. The number of anilines is 2. The molecule has 4 heterocycles. The van der Waals surface area contributed by atoms with E-state index in [9.17, 15) is 28.3 Å². The van der Waals surface area contributed by atoms with Gasteiger partial charge in [0.15, 0.2) is 22.9 Å². The topological polar surface area (TPSA) is 133 Å². The predicted molar refractivity (Wildman–Crippen MR) is 136 cm³/mol.